The zero-order valence-electron chi connectivity index (χ0n) is 17.1. The molecule has 0 aliphatic carbocycles. The van der Waals surface area contributed by atoms with E-state index in [0.29, 0.717) is 0 Å². The molecular weight excluding hydrogens is 409 g/mol. The molecule has 0 saturated heterocycles. The van der Waals surface area contributed by atoms with Gasteiger partial charge in [-0.2, -0.15) is 0 Å². The molecule has 27 heavy (non-hydrogen) atoms. The fourth-order valence-corrected chi connectivity index (χ4v) is 3.75. The van der Waals surface area contributed by atoms with Crippen molar-refractivity contribution < 1.29 is 5.76 Å². The molecule has 7 heteroatoms. The Bertz CT molecular complexity index is 910. The number of rotatable bonds is 0. The quantitative estimate of drug-likeness (QED) is 0.557. The van der Waals surface area contributed by atoms with Gasteiger partial charge in [-0.3, -0.25) is 4.39 Å². The number of pyridine rings is 2. The van der Waals surface area contributed by atoms with Crippen LogP contribution in [0.4, 0.5) is 21.7 Å². The first kappa shape index (κ1) is 19.6. The van der Waals surface area contributed by atoms with Crippen LogP contribution in [-0.4, -0.2) is 30.2 Å². The minimum atomic E-state index is -1.00. The van der Waals surface area contributed by atoms with Crippen LogP contribution in [0.3, 0.4) is 0 Å². The Kier molecular flexibility index (Phi) is 6.62. The van der Waals surface area contributed by atoms with E-state index in [1.807, 2.05) is 20.8 Å². The number of nitrogens with zero attached hydrogens (tertiary/aromatic N) is 3. The van der Waals surface area contributed by atoms with Crippen molar-refractivity contribution in [3.05, 3.63) is 49.5 Å². The first-order valence-electron chi connectivity index (χ1n) is 9.42. The Morgan fingerprint density at radius 3 is 2.00 bits per heavy atom. The monoisotopic (exact) mass is 434 g/mol. The standard InChI is InChI=1S/C10H11N3.C9H11BrN2.CH3F/c1-6-8-4-5-12-10(8)13-7(2)9(6)11-3;1-5-7-3-4-11-9(7)12-6(2)8(5)10;1-2/h4-5H2,1-2H3,(H,12,13);3-4H2,1-2H3,(H,11,12);1H3/i;;1D. The number of hydrogen-bond donors (Lipinski definition) is 2. The van der Waals surface area contributed by atoms with Gasteiger partial charge >= 0.3 is 0 Å². The average Bonchev–Trinajstić information content (AvgIpc) is 3.31. The Hall–Kier alpha value is -2.20. The fourth-order valence-electron chi connectivity index (χ4n) is 3.43. The predicted molar refractivity (Wildman–Crippen MR) is 113 cm³/mol. The van der Waals surface area contributed by atoms with Gasteiger partial charge in [0, 0.05) is 28.8 Å². The van der Waals surface area contributed by atoms with Crippen molar-refractivity contribution in [1.29, 1.82) is 0 Å². The lowest BCUT2D eigenvalue weighted by Crippen LogP contribution is -1.96. The molecule has 0 saturated carbocycles. The second-order valence-corrected chi connectivity index (χ2v) is 7.22. The van der Waals surface area contributed by atoms with Crippen molar-refractivity contribution in [1.82, 2.24) is 9.97 Å². The van der Waals surface area contributed by atoms with E-state index in [1.54, 1.807) is 0 Å². The lowest BCUT2D eigenvalue weighted by atomic mass is 10.1. The van der Waals surface area contributed by atoms with Gasteiger partial charge in [0.2, 0.25) is 5.69 Å². The van der Waals surface area contributed by atoms with Crippen LogP contribution in [0.15, 0.2) is 4.47 Å². The Morgan fingerprint density at radius 1 is 1.00 bits per heavy atom. The van der Waals surface area contributed by atoms with Gasteiger partial charge < -0.3 is 10.6 Å². The van der Waals surface area contributed by atoms with Gasteiger partial charge in [-0.05, 0) is 73.2 Å². The molecular formula is C20H25BrFN5. The van der Waals surface area contributed by atoms with Crippen LogP contribution in [0.1, 0.15) is 35.0 Å². The number of nitrogens with one attached hydrogen (secondary N) is 2. The summed E-state index contributed by atoms with van der Waals surface area (Å²) in [6, 6.07) is 0. The lowest BCUT2D eigenvalue weighted by Gasteiger charge is -2.07. The molecule has 2 aromatic heterocycles. The summed E-state index contributed by atoms with van der Waals surface area (Å²) >= 11 is 3.54. The van der Waals surface area contributed by atoms with E-state index in [1.165, 1.54) is 16.7 Å². The number of halogens is 2. The summed E-state index contributed by atoms with van der Waals surface area (Å²) in [5.41, 5.74) is 7.65. The molecule has 0 aromatic carbocycles. The van der Waals surface area contributed by atoms with Crippen molar-refractivity contribution in [2.75, 3.05) is 30.9 Å². The van der Waals surface area contributed by atoms with Gasteiger partial charge in [0.25, 0.3) is 0 Å². The van der Waals surface area contributed by atoms with Crippen LogP contribution in [0.2, 0.25) is 0 Å². The third-order valence-corrected chi connectivity index (χ3v) is 6.00. The van der Waals surface area contributed by atoms with Crippen LogP contribution in [0.5, 0.6) is 0 Å². The summed E-state index contributed by atoms with van der Waals surface area (Å²) in [6.45, 7) is 17.1. The molecule has 0 atom stereocenters. The summed E-state index contributed by atoms with van der Waals surface area (Å²) in [5, 5.41) is 6.50. The summed E-state index contributed by atoms with van der Waals surface area (Å²) in [4.78, 5) is 12.3. The Labute approximate surface area is 170 Å². The number of aromatic nitrogens is 2. The lowest BCUT2D eigenvalue weighted by molar-refractivity contribution is 0.636. The zero-order chi connectivity index (χ0) is 20.8. The maximum Gasteiger partial charge on any atom is 0.211 e. The number of fused-ring (bicyclic) bond motifs is 2. The molecule has 4 heterocycles. The molecule has 5 nitrogen and oxygen atoms in total. The van der Waals surface area contributed by atoms with Gasteiger partial charge in [0.1, 0.15) is 11.6 Å². The van der Waals surface area contributed by atoms with Crippen LogP contribution in [-0.2, 0) is 12.8 Å². The van der Waals surface area contributed by atoms with Gasteiger partial charge in [0.05, 0.1) is 20.8 Å². The molecule has 0 radical (unpaired) electrons. The summed E-state index contributed by atoms with van der Waals surface area (Å²) < 4.78 is 16.7. The second-order valence-electron chi connectivity index (χ2n) is 6.43. The van der Waals surface area contributed by atoms with E-state index in [9.17, 15) is 4.39 Å². The van der Waals surface area contributed by atoms with Gasteiger partial charge in [0.15, 0.2) is 0 Å². The summed E-state index contributed by atoms with van der Waals surface area (Å²) in [7, 11) is -1.00. The summed E-state index contributed by atoms with van der Waals surface area (Å²) in [6.07, 6.45) is 2.10. The van der Waals surface area contributed by atoms with Crippen molar-refractivity contribution >= 4 is 33.3 Å². The highest BCUT2D eigenvalue weighted by atomic mass is 79.9. The number of hydrogen-bond acceptors (Lipinski definition) is 4. The van der Waals surface area contributed by atoms with Crippen LogP contribution in [0.25, 0.3) is 4.85 Å². The highest BCUT2D eigenvalue weighted by Crippen LogP contribution is 2.32. The predicted octanol–water partition coefficient (Wildman–Crippen LogP) is 5.23. The maximum absolute atomic E-state index is 9.96. The third-order valence-electron chi connectivity index (χ3n) is 4.83. The molecule has 2 aliphatic rings. The van der Waals surface area contributed by atoms with Crippen molar-refractivity contribution in [3.8, 4) is 0 Å². The molecule has 0 spiro atoms. The van der Waals surface area contributed by atoms with Gasteiger partial charge in [-0.25, -0.2) is 14.8 Å². The number of alkyl halides is 1. The highest BCUT2D eigenvalue weighted by molar-refractivity contribution is 9.10. The number of aryl methyl sites for hydroxylation is 2. The maximum atomic E-state index is 9.96. The second kappa shape index (κ2) is 9.14. The molecule has 4 rings (SSSR count). The van der Waals surface area contributed by atoms with E-state index in [0.717, 1.165) is 64.7 Å². The van der Waals surface area contributed by atoms with E-state index in [2.05, 4.69) is 48.3 Å². The van der Waals surface area contributed by atoms with Gasteiger partial charge in [-0.1, -0.05) is 0 Å². The van der Waals surface area contributed by atoms with Crippen molar-refractivity contribution in [2.24, 2.45) is 0 Å². The molecule has 0 fully saturated rings. The molecule has 0 bridgehead atoms. The molecule has 144 valence electrons. The SMILES string of the molecule is Cc1nc2c(c(C)c1Br)CCN2.[2H]CF.[C-]#[N+]c1c(C)nc2c(c1C)CCN2. The van der Waals surface area contributed by atoms with Crippen molar-refractivity contribution in [2.45, 2.75) is 40.5 Å². The minimum Gasteiger partial charge on any atom is -0.370 e. The number of anilines is 2. The van der Waals surface area contributed by atoms with Crippen LogP contribution in [0, 0.1) is 34.3 Å². The molecule has 0 unspecified atom stereocenters. The molecule has 2 aromatic rings. The minimum absolute atomic E-state index is 0.724. The van der Waals surface area contributed by atoms with Crippen molar-refractivity contribution in [3.63, 3.8) is 0 Å². The summed E-state index contributed by atoms with van der Waals surface area (Å²) in [5.74, 6) is 2.05. The van der Waals surface area contributed by atoms with Crippen LogP contribution >= 0.6 is 15.9 Å². The molecule has 2 aliphatic heterocycles. The molecule has 2 N–H and O–H groups in total. The smallest absolute Gasteiger partial charge is 0.211 e. The molecule has 0 amide bonds. The van der Waals surface area contributed by atoms with E-state index in [4.69, 9.17) is 7.94 Å². The van der Waals surface area contributed by atoms with Crippen LogP contribution < -0.4 is 10.6 Å². The average molecular weight is 435 g/mol. The Balaban J connectivity index is 0.000000176. The van der Waals surface area contributed by atoms with E-state index in [-0.39, 0.29) is 0 Å². The third kappa shape index (κ3) is 4.22. The normalized spacial score (nSPS) is 13.4. The van der Waals surface area contributed by atoms with E-state index >= 15 is 0 Å². The first-order valence-corrected chi connectivity index (χ1v) is 9.51. The first-order chi connectivity index (χ1) is 13.3. The largest absolute Gasteiger partial charge is 0.370 e. The fraction of sp³-hybridized carbons (Fsp3) is 0.450. The zero-order valence-corrected chi connectivity index (χ0v) is 17.7. The van der Waals surface area contributed by atoms with E-state index < -0.39 is 7.15 Å². The Morgan fingerprint density at radius 2 is 1.48 bits per heavy atom. The van der Waals surface area contributed by atoms with Gasteiger partial charge in [-0.15, -0.1) is 0 Å². The highest BCUT2D eigenvalue weighted by Gasteiger charge is 2.18. The topological polar surface area (TPSA) is 54.2 Å².